The first-order chi connectivity index (χ1) is 14.7. The Kier molecular flexibility index (Phi) is 8.95. The predicted octanol–water partition coefficient (Wildman–Crippen LogP) is 5.69. The second-order valence-electron chi connectivity index (χ2n) is 8.99. The van der Waals surface area contributed by atoms with Gasteiger partial charge in [-0.2, -0.15) is 5.26 Å². The smallest absolute Gasteiger partial charge is 0.122 e. The minimum absolute atomic E-state index is 0.176. The molecule has 31 heavy (non-hydrogen) atoms. The maximum Gasteiger partial charge on any atom is 0.122 e. The van der Waals surface area contributed by atoms with Gasteiger partial charge in [0.25, 0.3) is 0 Å². The number of nitrogens with zero attached hydrogens (tertiary/aromatic N) is 2. The number of likely N-dealkylation sites (N-methyl/N-ethyl adjacent to an activating group) is 1. The van der Waals surface area contributed by atoms with Gasteiger partial charge in [-0.1, -0.05) is 43.2 Å². The van der Waals surface area contributed by atoms with Gasteiger partial charge in [-0.3, -0.25) is 0 Å². The van der Waals surface area contributed by atoms with Crippen molar-refractivity contribution in [2.24, 2.45) is 5.92 Å². The zero-order chi connectivity index (χ0) is 23.0. The number of nitriles is 1. The van der Waals surface area contributed by atoms with Crippen molar-refractivity contribution in [2.45, 2.75) is 52.4 Å². The van der Waals surface area contributed by atoms with E-state index in [9.17, 15) is 5.26 Å². The highest BCUT2D eigenvalue weighted by Gasteiger charge is 2.36. The summed E-state index contributed by atoms with van der Waals surface area (Å²) in [7, 11) is 5.46. The summed E-state index contributed by atoms with van der Waals surface area (Å²) in [4.78, 5) is 2.37. The second-order valence-corrected chi connectivity index (χ2v) is 8.99. The summed E-state index contributed by atoms with van der Waals surface area (Å²) in [6.07, 6.45) is 2.79. The third-order valence-electron chi connectivity index (χ3n) is 6.23. The Bertz CT molecular complexity index is 858. The van der Waals surface area contributed by atoms with Gasteiger partial charge < -0.3 is 14.4 Å². The van der Waals surface area contributed by atoms with Gasteiger partial charge in [0.05, 0.1) is 25.7 Å². The van der Waals surface area contributed by atoms with Crippen LogP contribution < -0.4 is 9.47 Å². The fraction of sp³-hybridized carbons (Fsp3) is 0.519. The fourth-order valence-corrected chi connectivity index (χ4v) is 4.35. The second kappa shape index (κ2) is 11.2. The summed E-state index contributed by atoms with van der Waals surface area (Å²) in [5.74, 6) is 1.62. The Labute approximate surface area is 188 Å². The number of ether oxygens (including phenoxy) is 2. The first-order valence-electron chi connectivity index (χ1n) is 11.1. The minimum atomic E-state index is -0.573. The molecule has 0 saturated carbocycles. The van der Waals surface area contributed by atoms with Crippen LogP contribution in [0.3, 0.4) is 0 Å². The quantitative estimate of drug-likeness (QED) is 0.466. The number of benzene rings is 2. The minimum Gasteiger partial charge on any atom is -0.497 e. The Morgan fingerprint density at radius 3 is 2.00 bits per heavy atom. The lowest BCUT2D eigenvalue weighted by Crippen LogP contribution is -2.32. The van der Waals surface area contributed by atoms with Crippen LogP contribution in [0.2, 0.25) is 0 Å². The molecule has 0 fully saturated rings. The third-order valence-corrected chi connectivity index (χ3v) is 6.23. The van der Waals surface area contributed by atoms with Crippen LogP contribution in [0.5, 0.6) is 11.5 Å². The maximum atomic E-state index is 10.3. The number of hydrogen-bond donors (Lipinski definition) is 0. The third kappa shape index (κ3) is 6.48. The molecule has 0 radical (unpaired) electrons. The highest BCUT2D eigenvalue weighted by Crippen LogP contribution is 2.40. The molecule has 2 aromatic rings. The largest absolute Gasteiger partial charge is 0.497 e. The Morgan fingerprint density at radius 1 is 0.935 bits per heavy atom. The molecule has 4 nitrogen and oxygen atoms in total. The van der Waals surface area contributed by atoms with Gasteiger partial charge in [0, 0.05) is 12.6 Å². The summed E-state index contributed by atoms with van der Waals surface area (Å²) in [6, 6.07) is 15.2. The summed E-state index contributed by atoms with van der Waals surface area (Å²) >= 11 is 0. The van der Waals surface area contributed by atoms with Gasteiger partial charge in [0.2, 0.25) is 0 Å². The molecule has 0 aliphatic rings. The molecule has 1 unspecified atom stereocenters. The van der Waals surface area contributed by atoms with E-state index in [0.717, 1.165) is 49.4 Å². The van der Waals surface area contributed by atoms with Crippen LogP contribution >= 0.6 is 0 Å². The van der Waals surface area contributed by atoms with Crippen molar-refractivity contribution in [3.05, 3.63) is 58.7 Å². The molecule has 0 saturated heterocycles. The Morgan fingerprint density at radius 2 is 1.52 bits per heavy atom. The van der Waals surface area contributed by atoms with E-state index in [1.807, 2.05) is 18.2 Å². The molecular weight excluding hydrogens is 384 g/mol. The molecule has 4 heteroatoms. The molecule has 2 aromatic carbocycles. The molecule has 0 aromatic heterocycles. The van der Waals surface area contributed by atoms with Gasteiger partial charge in [-0.15, -0.1) is 0 Å². The van der Waals surface area contributed by atoms with Gasteiger partial charge in [-0.05, 0) is 75.9 Å². The number of aryl methyl sites for hydroxylation is 2. The van der Waals surface area contributed by atoms with Crippen molar-refractivity contribution < 1.29 is 9.47 Å². The molecular formula is C27H38N2O2. The molecule has 168 valence electrons. The highest BCUT2D eigenvalue weighted by atomic mass is 16.5. The zero-order valence-electron chi connectivity index (χ0n) is 20.3. The topological polar surface area (TPSA) is 45.5 Å². The van der Waals surface area contributed by atoms with E-state index < -0.39 is 5.41 Å². The lowest BCUT2D eigenvalue weighted by molar-refractivity contribution is 0.292. The van der Waals surface area contributed by atoms with Gasteiger partial charge in [-0.25, -0.2) is 0 Å². The zero-order valence-corrected chi connectivity index (χ0v) is 20.3. The van der Waals surface area contributed by atoms with Gasteiger partial charge >= 0.3 is 0 Å². The lowest BCUT2D eigenvalue weighted by Gasteiger charge is -2.32. The SMILES string of the molecule is COc1cc(OC)cc(C(C#N)(CCCN(C)CCc2cc(C)cc(C)c2)C(C)C)c1. The lowest BCUT2D eigenvalue weighted by atomic mass is 9.69. The van der Waals surface area contributed by atoms with E-state index in [0.29, 0.717) is 0 Å². The maximum absolute atomic E-state index is 10.3. The van der Waals surface area contributed by atoms with Crippen LogP contribution in [-0.2, 0) is 11.8 Å². The average Bonchev–Trinajstić information content (AvgIpc) is 2.74. The molecule has 0 spiro atoms. The first kappa shape index (κ1) is 24.8. The van der Waals surface area contributed by atoms with E-state index in [1.54, 1.807) is 14.2 Å². The van der Waals surface area contributed by atoms with Crippen molar-refractivity contribution in [1.82, 2.24) is 4.90 Å². The van der Waals surface area contributed by atoms with Crippen LogP contribution in [0.25, 0.3) is 0 Å². The summed E-state index contributed by atoms with van der Waals surface area (Å²) < 4.78 is 10.9. The molecule has 0 aliphatic carbocycles. The van der Waals surface area contributed by atoms with E-state index in [2.05, 4.69) is 63.9 Å². The number of methoxy groups -OCH3 is 2. The summed E-state index contributed by atoms with van der Waals surface area (Å²) in [5, 5.41) is 10.3. The van der Waals surface area contributed by atoms with Crippen molar-refractivity contribution in [1.29, 1.82) is 5.26 Å². The van der Waals surface area contributed by atoms with E-state index >= 15 is 0 Å². The van der Waals surface area contributed by atoms with Crippen molar-refractivity contribution in [3.8, 4) is 17.6 Å². The van der Waals surface area contributed by atoms with Gasteiger partial charge in [0.15, 0.2) is 0 Å². The first-order valence-corrected chi connectivity index (χ1v) is 11.1. The van der Waals surface area contributed by atoms with E-state index in [1.165, 1.54) is 16.7 Å². The normalized spacial score (nSPS) is 13.2. The van der Waals surface area contributed by atoms with E-state index in [4.69, 9.17) is 9.47 Å². The monoisotopic (exact) mass is 422 g/mol. The van der Waals surface area contributed by atoms with Crippen LogP contribution in [0.4, 0.5) is 0 Å². The molecule has 0 aliphatic heterocycles. The molecule has 0 bridgehead atoms. The van der Waals surface area contributed by atoms with Crippen molar-refractivity contribution in [3.63, 3.8) is 0 Å². The molecule has 0 heterocycles. The highest BCUT2D eigenvalue weighted by molar-refractivity contribution is 5.45. The molecule has 2 rings (SSSR count). The van der Waals surface area contributed by atoms with Crippen LogP contribution in [-0.4, -0.2) is 39.3 Å². The number of hydrogen-bond acceptors (Lipinski definition) is 4. The van der Waals surface area contributed by atoms with Crippen LogP contribution in [0.1, 0.15) is 48.9 Å². The van der Waals surface area contributed by atoms with Crippen molar-refractivity contribution >= 4 is 0 Å². The predicted molar refractivity (Wildman–Crippen MR) is 128 cm³/mol. The van der Waals surface area contributed by atoms with Crippen LogP contribution in [0.15, 0.2) is 36.4 Å². The molecule has 0 amide bonds. The fourth-order valence-electron chi connectivity index (χ4n) is 4.35. The Hall–Kier alpha value is -2.51. The summed E-state index contributed by atoms with van der Waals surface area (Å²) in [6.45, 7) is 10.5. The number of rotatable bonds is 11. The van der Waals surface area contributed by atoms with Crippen LogP contribution in [0, 0.1) is 31.1 Å². The molecule has 0 N–H and O–H groups in total. The van der Waals surface area contributed by atoms with Gasteiger partial charge in [0.1, 0.15) is 11.5 Å². The summed E-state index contributed by atoms with van der Waals surface area (Å²) in [5.41, 5.74) is 4.43. The van der Waals surface area contributed by atoms with Crippen molar-refractivity contribution in [2.75, 3.05) is 34.4 Å². The standard InChI is InChI=1S/C27H38N2O2/c1-20(2)27(19-28,24-16-25(30-6)18-26(17-24)31-7)10-8-11-29(5)12-9-23-14-21(3)13-22(4)15-23/h13-18,20H,8-12H2,1-7H3. The molecule has 1 atom stereocenters. The van der Waals surface area contributed by atoms with E-state index in [-0.39, 0.29) is 5.92 Å². The Balaban J connectivity index is 2.06. The average molecular weight is 423 g/mol.